The smallest absolute Gasteiger partial charge is 0.319 e. The zero-order valence-electron chi connectivity index (χ0n) is 16.7. The summed E-state index contributed by atoms with van der Waals surface area (Å²) < 4.78 is 3.33. The maximum absolute atomic E-state index is 13.0. The van der Waals surface area contributed by atoms with Crippen LogP contribution in [-0.2, 0) is 7.05 Å². The molecule has 0 saturated heterocycles. The van der Waals surface area contributed by atoms with Gasteiger partial charge < -0.3 is 10.6 Å². The minimum atomic E-state index is -0.332. The molecule has 2 N–H and O–H groups in total. The summed E-state index contributed by atoms with van der Waals surface area (Å²) in [7, 11) is 1.82. The number of thiophene rings is 1. The van der Waals surface area contributed by atoms with Crippen molar-refractivity contribution in [1.82, 2.24) is 14.7 Å². The highest BCUT2D eigenvalue weighted by molar-refractivity contribution is 7.10. The molecule has 4 rings (SSSR count). The minimum absolute atomic E-state index is 0.0159. The van der Waals surface area contributed by atoms with Gasteiger partial charge in [-0.3, -0.25) is 9.48 Å². The van der Waals surface area contributed by atoms with Crippen molar-refractivity contribution in [3.63, 3.8) is 0 Å². The lowest BCUT2D eigenvalue weighted by Crippen LogP contribution is -2.36. The average molecular weight is 411 g/mol. The van der Waals surface area contributed by atoms with Crippen molar-refractivity contribution in [1.29, 1.82) is 0 Å². The SMILES string of the molecule is Cc1c(NC(=O)NC(c2cccs2)C2CCCC2)c(=O)n(-c2ccccc2)n1C. The number of aromatic nitrogens is 2. The van der Waals surface area contributed by atoms with Gasteiger partial charge in [-0.1, -0.05) is 37.1 Å². The second kappa shape index (κ2) is 8.29. The second-order valence-electron chi connectivity index (χ2n) is 7.57. The maximum atomic E-state index is 13.0. The Hall–Kier alpha value is -2.80. The third kappa shape index (κ3) is 3.87. The molecule has 1 aromatic carbocycles. The topological polar surface area (TPSA) is 68.1 Å². The van der Waals surface area contributed by atoms with Crippen LogP contribution in [0.25, 0.3) is 5.69 Å². The first-order valence-corrected chi connectivity index (χ1v) is 10.9. The normalized spacial score (nSPS) is 15.4. The summed E-state index contributed by atoms with van der Waals surface area (Å²) in [5.74, 6) is 0.442. The molecule has 29 heavy (non-hydrogen) atoms. The van der Waals surface area contributed by atoms with E-state index < -0.39 is 0 Å². The molecule has 1 fully saturated rings. The lowest BCUT2D eigenvalue weighted by atomic mass is 9.97. The monoisotopic (exact) mass is 410 g/mol. The Bertz CT molecular complexity index is 1030. The van der Waals surface area contributed by atoms with E-state index in [0.29, 0.717) is 17.3 Å². The summed E-state index contributed by atoms with van der Waals surface area (Å²) in [6.45, 7) is 1.84. The maximum Gasteiger partial charge on any atom is 0.319 e. The van der Waals surface area contributed by atoms with E-state index in [1.54, 1.807) is 20.7 Å². The molecular weight excluding hydrogens is 384 g/mol. The van der Waals surface area contributed by atoms with Crippen LogP contribution < -0.4 is 16.2 Å². The van der Waals surface area contributed by atoms with Crippen molar-refractivity contribution < 1.29 is 4.79 Å². The molecule has 0 bridgehead atoms. The summed E-state index contributed by atoms with van der Waals surface area (Å²) in [6.07, 6.45) is 4.65. The van der Waals surface area contributed by atoms with Crippen LogP contribution in [0.1, 0.15) is 42.3 Å². The Morgan fingerprint density at radius 2 is 1.86 bits per heavy atom. The zero-order chi connectivity index (χ0) is 20.4. The fraction of sp³-hybridized carbons (Fsp3) is 0.364. The van der Waals surface area contributed by atoms with E-state index >= 15 is 0 Å². The van der Waals surface area contributed by atoms with Gasteiger partial charge in [0, 0.05) is 11.9 Å². The first kappa shape index (κ1) is 19.5. The van der Waals surface area contributed by atoms with Gasteiger partial charge in [-0.2, -0.15) is 0 Å². The van der Waals surface area contributed by atoms with Gasteiger partial charge in [0.2, 0.25) is 0 Å². The highest BCUT2D eigenvalue weighted by Gasteiger charge is 2.29. The van der Waals surface area contributed by atoms with Crippen molar-refractivity contribution in [3.05, 3.63) is 68.8 Å². The summed E-state index contributed by atoms with van der Waals surface area (Å²) in [4.78, 5) is 27.0. The number of rotatable bonds is 5. The van der Waals surface area contributed by atoms with Crippen LogP contribution in [0.3, 0.4) is 0 Å². The molecule has 6 nitrogen and oxygen atoms in total. The van der Waals surface area contributed by atoms with Gasteiger partial charge in [0.05, 0.1) is 17.4 Å². The molecule has 2 aromatic heterocycles. The van der Waals surface area contributed by atoms with Crippen LogP contribution >= 0.6 is 11.3 Å². The van der Waals surface area contributed by atoms with Gasteiger partial charge in [0.15, 0.2) is 0 Å². The number of hydrogen-bond donors (Lipinski definition) is 2. The van der Waals surface area contributed by atoms with Crippen molar-refractivity contribution in [3.8, 4) is 5.69 Å². The lowest BCUT2D eigenvalue weighted by Gasteiger charge is -2.23. The Morgan fingerprint density at radius 3 is 2.52 bits per heavy atom. The van der Waals surface area contributed by atoms with Gasteiger partial charge in [-0.05, 0) is 49.3 Å². The number of para-hydroxylation sites is 1. The van der Waals surface area contributed by atoms with Gasteiger partial charge in [-0.15, -0.1) is 11.3 Å². The van der Waals surface area contributed by atoms with Crippen LogP contribution in [0.15, 0.2) is 52.6 Å². The Balaban J connectivity index is 1.57. The van der Waals surface area contributed by atoms with E-state index in [2.05, 4.69) is 16.7 Å². The molecule has 1 aliphatic rings. The Morgan fingerprint density at radius 1 is 1.14 bits per heavy atom. The first-order valence-electron chi connectivity index (χ1n) is 10.0. The average Bonchev–Trinajstić information content (AvgIpc) is 3.47. The highest BCUT2D eigenvalue weighted by atomic mass is 32.1. The number of nitrogens with zero attached hydrogens (tertiary/aromatic N) is 2. The highest BCUT2D eigenvalue weighted by Crippen LogP contribution is 2.37. The van der Waals surface area contributed by atoms with E-state index in [0.717, 1.165) is 18.5 Å². The molecule has 2 heterocycles. The van der Waals surface area contributed by atoms with Crippen molar-refractivity contribution in [2.24, 2.45) is 13.0 Å². The summed E-state index contributed by atoms with van der Waals surface area (Å²) in [5, 5.41) is 8.00. The summed E-state index contributed by atoms with van der Waals surface area (Å²) in [5.41, 5.74) is 1.55. The first-order chi connectivity index (χ1) is 14.1. The van der Waals surface area contributed by atoms with Crippen LogP contribution in [0, 0.1) is 12.8 Å². The van der Waals surface area contributed by atoms with Crippen molar-refractivity contribution in [2.45, 2.75) is 38.6 Å². The fourth-order valence-corrected chi connectivity index (χ4v) is 5.05. The molecule has 0 spiro atoms. The molecule has 0 radical (unpaired) electrons. The van der Waals surface area contributed by atoms with Crippen LogP contribution in [0.2, 0.25) is 0 Å². The van der Waals surface area contributed by atoms with Crippen LogP contribution in [0.4, 0.5) is 10.5 Å². The number of carbonyl (C=O) groups is 1. The third-order valence-electron chi connectivity index (χ3n) is 5.80. The van der Waals surface area contributed by atoms with Crippen LogP contribution in [-0.4, -0.2) is 15.4 Å². The Kier molecular flexibility index (Phi) is 5.58. The number of anilines is 1. The van der Waals surface area contributed by atoms with E-state index in [-0.39, 0.29) is 17.6 Å². The van der Waals surface area contributed by atoms with Crippen molar-refractivity contribution >= 4 is 23.1 Å². The number of amides is 2. The molecule has 1 atom stereocenters. The molecular formula is C22H26N4O2S. The predicted molar refractivity (Wildman–Crippen MR) is 117 cm³/mol. The quantitative estimate of drug-likeness (QED) is 0.645. The van der Waals surface area contributed by atoms with Gasteiger partial charge in [0.25, 0.3) is 5.56 Å². The number of hydrogen-bond acceptors (Lipinski definition) is 3. The number of urea groups is 1. The van der Waals surface area contributed by atoms with Gasteiger partial charge >= 0.3 is 6.03 Å². The molecule has 2 amide bonds. The number of carbonyl (C=O) groups excluding carboxylic acids is 1. The molecule has 1 aliphatic carbocycles. The molecule has 152 valence electrons. The zero-order valence-corrected chi connectivity index (χ0v) is 17.5. The summed E-state index contributed by atoms with van der Waals surface area (Å²) >= 11 is 1.66. The number of nitrogens with one attached hydrogen (secondary N) is 2. The minimum Gasteiger partial charge on any atom is -0.330 e. The van der Waals surface area contributed by atoms with Crippen molar-refractivity contribution in [2.75, 3.05) is 5.32 Å². The Labute approximate surface area is 174 Å². The van der Waals surface area contributed by atoms with E-state index in [4.69, 9.17) is 0 Å². The number of benzene rings is 1. The van der Waals surface area contributed by atoms with E-state index in [1.807, 2.05) is 55.7 Å². The largest absolute Gasteiger partial charge is 0.330 e. The molecule has 0 aliphatic heterocycles. The predicted octanol–water partition coefficient (Wildman–Crippen LogP) is 4.60. The molecule has 1 unspecified atom stereocenters. The van der Waals surface area contributed by atoms with Gasteiger partial charge in [-0.25, -0.2) is 9.48 Å². The lowest BCUT2D eigenvalue weighted by molar-refractivity contribution is 0.243. The second-order valence-corrected chi connectivity index (χ2v) is 8.55. The molecule has 3 aromatic rings. The van der Waals surface area contributed by atoms with Gasteiger partial charge in [0.1, 0.15) is 5.69 Å². The standard InChI is InChI=1S/C22H26N4O2S/c1-15-19(21(27)26(25(15)2)17-11-4-3-5-12-17)23-22(28)24-20(16-9-6-7-10-16)18-13-8-14-29-18/h3-5,8,11-14,16,20H,6-7,9-10H2,1-2H3,(H2,23,24,28). The summed E-state index contributed by atoms with van der Waals surface area (Å²) in [6, 6.07) is 13.2. The molecule has 1 saturated carbocycles. The van der Waals surface area contributed by atoms with E-state index in [1.165, 1.54) is 17.7 Å². The van der Waals surface area contributed by atoms with Crippen LogP contribution in [0.5, 0.6) is 0 Å². The fourth-order valence-electron chi connectivity index (χ4n) is 4.18. The van der Waals surface area contributed by atoms with E-state index in [9.17, 15) is 9.59 Å². The molecule has 7 heteroatoms. The third-order valence-corrected chi connectivity index (χ3v) is 6.76.